The van der Waals surface area contributed by atoms with Crippen molar-refractivity contribution in [1.82, 2.24) is 5.43 Å². The van der Waals surface area contributed by atoms with Gasteiger partial charge in [-0.25, -0.2) is 5.43 Å². The molecule has 7 nitrogen and oxygen atoms in total. The number of rotatable bonds is 7. The van der Waals surface area contributed by atoms with E-state index in [1.807, 2.05) is 6.92 Å². The van der Waals surface area contributed by atoms with E-state index in [0.29, 0.717) is 23.0 Å². The Morgan fingerprint density at radius 3 is 2.56 bits per heavy atom. The zero-order valence-electron chi connectivity index (χ0n) is 15.0. The van der Waals surface area contributed by atoms with E-state index in [0.717, 1.165) is 5.75 Å². The molecule has 0 atom stereocenters. The van der Waals surface area contributed by atoms with Crippen LogP contribution in [0.5, 0.6) is 11.5 Å². The normalized spacial score (nSPS) is 11.0. The molecule has 0 aliphatic rings. The van der Waals surface area contributed by atoms with Crippen LogP contribution in [0.25, 0.3) is 0 Å². The number of phenolic OH excluding ortho intramolecular Hbond substituents is 1. The highest BCUT2D eigenvalue weighted by Crippen LogP contribution is 2.21. The predicted octanol–water partition coefficient (Wildman–Crippen LogP) is 3.58. The highest BCUT2D eigenvalue weighted by molar-refractivity contribution is 6.31. The van der Waals surface area contributed by atoms with E-state index < -0.39 is 5.91 Å². The fraction of sp³-hybridized carbons (Fsp3) is 0.211. The first-order valence-electron chi connectivity index (χ1n) is 8.23. The van der Waals surface area contributed by atoms with Crippen LogP contribution in [0.3, 0.4) is 0 Å². The number of anilines is 1. The quantitative estimate of drug-likeness (QED) is 0.497. The Balaban J connectivity index is 1.89. The van der Waals surface area contributed by atoms with E-state index in [2.05, 4.69) is 15.8 Å². The lowest BCUT2D eigenvalue weighted by molar-refractivity contribution is -0.115. The molecule has 8 heteroatoms. The Labute approximate surface area is 162 Å². The molecule has 27 heavy (non-hydrogen) atoms. The van der Waals surface area contributed by atoms with Gasteiger partial charge in [0.2, 0.25) is 5.91 Å². The van der Waals surface area contributed by atoms with E-state index in [4.69, 9.17) is 16.3 Å². The average Bonchev–Trinajstić information content (AvgIpc) is 2.63. The molecule has 0 aliphatic heterocycles. The van der Waals surface area contributed by atoms with Crippen molar-refractivity contribution in [2.24, 2.45) is 5.10 Å². The van der Waals surface area contributed by atoms with Crippen molar-refractivity contribution in [3.63, 3.8) is 0 Å². The lowest BCUT2D eigenvalue weighted by atomic mass is 10.2. The van der Waals surface area contributed by atoms with Gasteiger partial charge < -0.3 is 15.2 Å². The Hall–Kier alpha value is -3.06. The molecular weight excluding hydrogens is 370 g/mol. The summed E-state index contributed by atoms with van der Waals surface area (Å²) in [4.78, 5) is 24.1. The van der Waals surface area contributed by atoms with Gasteiger partial charge in [0.05, 0.1) is 18.6 Å². The SMILES string of the molecule is CCOc1ccc(NC(=O)C/C(C)=N\NC(=O)c2cc(Cl)ccc2O)cc1. The second kappa shape index (κ2) is 9.59. The molecule has 2 amide bonds. The number of nitrogens with zero attached hydrogens (tertiary/aromatic N) is 1. The summed E-state index contributed by atoms with van der Waals surface area (Å²) in [6.07, 6.45) is -0.00494. The summed E-state index contributed by atoms with van der Waals surface area (Å²) in [6, 6.07) is 11.1. The number of nitrogens with one attached hydrogen (secondary N) is 2. The van der Waals surface area contributed by atoms with Crippen LogP contribution in [-0.4, -0.2) is 29.2 Å². The number of phenols is 1. The molecule has 2 aromatic rings. The summed E-state index contributed by atoms with van der Waals surface area (Å²) in [5.41, 5.74) is 3.31. The van der Waals surface area contributed by atoms with Crippen LogP contribution < -0.4 is 15.5 Å². The Bertz CT molecular complexity index is 851. The Morgan fingerprint density at radius 2 is 1.89 bits per heavy atom. The van der Waals surface area contributed by atoms with Gasteiger partial charge >= 0.3 is 0 Å². The molecule has 0 spiro atoms. The van der Waals surface area contributed by atoms with Crippen molar-refractivity contribution in [3.05, 3.63) is 53.1 Å². The zero-order valence-corrected chi connectivity index (χ0v) is 15.7. The molecule has 2 aromatic carbocycles. The number of carbonyl (C=O) groups is 2. The number of amides is 2. The van der Waals surface area contributed by atoms with Gasteiger partial charge in [-0.1, -0.05) is 11.6 Å². The second-order valence-electron chi connectivity index (χ2n) is 5.63. The maximum absolute atomic E-state index is 12.1. The minimum atomic E-state index is -0.624. The van der Waals surface area contributed by atoms with Crippen LogP contribution in [0, 0.1) is 0 Å². The smallest absolute Gasteiger partial charge is 0.275 e. The van der Waals surface area contributed by atoms with Gasteiger partial charge in [-0.05, 0) is 56.3 Å². The highest BCUT2D eigenvalue weighted by atomic mass is 35.5. The van der Waals surface area contributed by atoms with E-state index in [1.165, 1.54) is 18.2 Å². The third-order valence-electron chi connectivity index (χ3n) is 3.42. The standard InChI is InChI=1S/C19H20ClN3O4/c1-3-27-15-7-5-14(6-8-15)21-18(25)10-12(2)22-23-19(26)16-11-13(20)4-9-17(16)24/h4-9,11,24H,3,10H2,1-2H3,(H,21,25)(H,23,26)/b22-12-. The number of ether oxygens (including phenoxy) is 1. The lowest BCUT2D eigenvalue weighted by Crippen LogP contribution is -2.21. The number of hydrazone groups is 1. The van der Waals surface area contributed by atoms with Gasteiger partial charge in [0.1, 0.15) is 11.5 Å². The van der Waals surface area contributed by atoms with Crippen molar-refractivity contribution >= 4 is 34.8 Å². The van der Waals surface area contributed by atoms with Crippen molar-refractivity contribution in [2.45, 2.75) is 20.3 Å². The first kappa shape index (κ1) is 20.3. The highest BCUT2D eigenvalue weighted by Gasteiger charge is 2.12. The van der Waals surface area contributed by atoms with Crippen molar-refractivity contribution in [3.8, 4) is 11.5 Å². The van der Waals surface area contributed by atoms with Crippen molar-refractivity contribution < 1.29 is 19.4 Å². The molecule has 0 saturated heterocycles. The number of hydrogen-bond acceptors (Lipinski definition) is 5. The number of hydrogen-bond donors (Lipinski definition) is 3. The summed E-state index contributed by atoms with van der Waals surface area (Å²) in [5, 5.41) is 16.6. The monoisotopic (exact) mass is 389 g/mol. The summed E-state index contributed by atoms with van der Waals surface area (Å²) in [7, 11) is 0. The molecule has 0 fully saturated rings. The molecule has 0 aliphatic carbocycles. The van der Waals surface area contributed by atoms with Gasteiger partial charge in [-0.2, -0.15) is 5.10 Å². The van der Waals surface area contributed by atoms with Gasteiger partial charge in [0, 0.05) is 16.4 Å². The van der Waals surface area contributed by atoms with Crippen LogP contribution in [0.2, 0.25) is 5.02 Å². The topological polar surface area (TPSA) is 100 Å². The summed E-state index contributed by atoms with van der Waals surface area (Å²) < 4.78 is 5.34. The van der Waals surface area contributed by atoms with Crippen molar-refractivity contribution in [1.29, 1.82) is 0 Å². The van der Waals surface area contributed by atoms with Crippen LogP contribution >= 0.6 is 11.6 Å². The minimum Gasteiger partial charge on any atom is -0.507 e. The van der Waals surface area contributed by atoms with Crippen LogP contribution in [0.4, 0.5) is 5.69 Å². The molecule has 142 valence electrons. The van der Waals surface area contributed by atoms with E-state index in [1.54, 1.807) is 31.2 Å². The molecule has 0 aromatic heterocycles. The first-order valence-corrected chi connectivity index (χ1v) is 8.61. The maximum atomic E-state index is 12.1. The van der Waals surface area contributed by atoms with E-state index in [9.17, 15) is 14.7 Å². The predicted molar refractivity (Wildman–Crippen MR) is 105 cm³/mol. The van der Waals surface area contributed by atoms with Crippen LogP contribution in [0.15, 0.2) is 47.6 Å². The largest absolute Gasteiger partial charge is 0.507 e. The summed E-state index contributed by atoms with van der Waals surface area (Å²) in [5.74, 6) is -0.389. The zero-order chi connectivity index (χ0) is 19.8. The Kier molecular flexibility index (Phi) is 7.19. The number of benzene rings is 2. The van der Waals surface area contributed by atoms with E-state index >= 15 is 0 Å². The second-order valence-corrected chi connectivity index (χ2v) is 6.07. The molecular formula is C19H20ClN3O4. The third kappa shape index (κ3) is 6.31. The van der Waals surface area contributed by atoms with E-state index in [-0.39, 0.29) is 23.6 Å². The molecule has 0 radical (unpaired) electrons. The van der Waals surface area contributed by atoms with Gasteiger partial charge in [-0.3, -0.25) is 9.59 Å². The molecule has 0 heterocycles. The molecule has 3 N–H and O–H groups in total. The molecule has 0 unspecified atom stereocenters. The molecule has 0 saturated carbocycles. The van der Waals surface area contributed by atoms with Gasteiger partial charge in [0.15, 0.2) is 0 Å². The molecule has 2 rings (SSSR count). The number of aromatic hydroxyl groups is 1. The van der Waals surface area contributed by atoms with Gasteiger partial charge in [0.25, 0.3) is 5.91 Å². The molecule has 0 bridgehead atoms. The first-order chi connectivity index (χ1) is 12.9. The minimum absolute atomic E-state index is 0.00195. The maximum Gasteiger partial charge on any atom is 0.275 e. The third-order valence-corrected chi connectivity index (χ3v) is 3.65. The van der Waals surface area contributed by atoms with Gasteiger partial charge in [-0.15, -0.1) is 0 Å². The fourth-order valence-corrected chi connectivity index (χ4v) is 2.35. The number of carbonyl (C=O) groups excluding carboxylic acids is 2. The van der Waals surface area contributed by atoms with Crippen LogP contribution in [-0.2, 0) is 4.79 Å². The van der Waals surface area contributed by atoms with Crippen molar-refractivity contribution in [2.75, 3.05) is 11.9 Å². The number of halogens is 1. The van der Waals surface area contributed by atoms with Crippen LogP contribution in [0.1, 0.15) is 30.6 Å². The Morgan fingerprint density at radius 1 is 1.19 bits per heavy atom. The summed E-state index contributed by atoms with van der Waals surface area (Å²) in [6.45, 7) is 4.07. The average molecular weight is 390 g/mol. The fourth-order valence-electron chi connectivity index (χ4n) is 2.17. The lowest BCUT2D eigenvalue weighted by Gasteiger charge is -2.07. The summed E-state index contributed by atoms with van der Waals surface area (Å²) >= 11 is 5.81.